The maximum Gasteiger partial charge on any atom is 0.244 e. The van der Waals surface area contributed by atoms with E-state index in [2.05, 4.69) is 39.4 Å². The minimum Gasteiger partial charge on any atom is -0.493 e. The molecule has 29 heavy (non-hydrogen) atoms. The molecule has 0 atom stereocenters. The van der Waals surface area contributed by atoms with Gasteiger partial charge in [0.1, 0.15) is 11.3 Å². The zero-order chi connectivity index (χ0) is 21.0. The minimum atomic E-state index is -0.0936. The van der Waals surface area contributed by atoms with Crippen LogP contribution in [0.1, 0.15) is 38.3 Å². The molecule has 1 amide bonds. The lowest BCUT2D eigenvalue weighted by atomic mass is 9.96. The number of carbonyl (C=O) groups is 1. The first kappa shape index (κ1) is 21.2. The smallest absolute Gasteiger partial charge is 0.244 e. The second kappa shape index (κ2) is 9.31. The van der Waals surface area contributed by atoms with E-state index in [1.807, 2.05) is 39.8 Å². The number of ether oxygens (including phenoxy) is 1. The molecule has 0 spiro atoms. The van der Waals surface area contributed by atoms with Crippen LogP contribution in [0.15, 0.2) is 51.6 Å². The van der Waals surface area contributed by atoms with Crippen LogP contribution in [0, 0.1) is 6.92 Å². The molecule has 152 valence electrons. The molecule has 0 aliphatic rings. The summed E-state index contributed by atoms with van der Waals surface area (Å²) in [4.78, 5) is 12.2. The maximum absolute atomic E-state index is 12.2. The number of aryl methyl sites for hydroxylation is 1. The van der Waals surface area contributed by atoms with Gasteiger partial charge in [0.25, 0.3) is 0 Å². The van der Waals surface area contributed by atoms with Gasteiger partial charge in [0.15, 0.2) is 0 Å². The van der Waals surface area contributed by atoms with Gasteiger partial charge in [-0.15, -0.1) is 0 Å². The lowest BCUT2D eigenvalue weighted by Gasteiger charge is -2.15. The zero-order valence-electron chi connectivity index (χ0n) is 17.3. The number of hydrogen-bond acceptors (Lipinski definition) is 3. The molecular weight excluding hydrogens is 430 g/mol. The molecule has 0 radical (unpaired) electrons. The molecule has 0 saturated heterocycles. The van der Waals surface area contributed by atoms with E-state index < -0.39 is 0 Å². The van der Waals surface area contributed by atoms with Crippen molar-refractivity contribution in [1.29, 1.82) is 0 Å². The summed E-state index contributed by atoms with van der Waals surface area (Å²) < 4.78 is 12.9. The van der Waals surface area contributed by atoms with Crippen LogP contribution in [-0.4, -0.2) is 19.1 Å². The quantitative estimate of drug-likeness (QED) is 0.413. The normalized spacial score (nSPS) is 11.7. The van der Waals surface area contributed by atoms with Crippen molar-refractivity contribution in [1.82, 2.24) is 5.32 Å². The molecule has 1 aromatic heterocycles. The molecule has 0 unspecified atom stereocenters. The van der Waals surface area contributed by atoms with Crippen molar-refractivity contribution >= 4 is 38.4 Å². The number of carbonyl (C=O) groups excluding carboxylic acids is 1. The molecule has 0 saturated carbocycles. The fourth-order valence-corrected chi connectivity index (χ4v) is 3.79. The summed E-state index contributed by atoms with van der Waals surface area (Å²) in [6, 6.07) is 10.2. The Kier molecular flexibility index (Phi) is 6.80. The fourth-order valence-electron chi connectivity index (χ4n) is 3.39. The van der Waals surface area contributed by atoms with Gasteiger partial charge < -0.3 is 14.5 Å². The summed E-state index contributed by atoms with van der Waals surface area (Å²) in [6.07, 6.45) is 4.32. The summed E-state index contributed by atoms with van der Waals surface area (Å²) in [5.41, 5.74) is 5.57. The summed E-state index contributed by atoms with van der Waals surface area (Å²) in [7, 11) is 0. The highest BCUT2D eigenvalue weighted by molar-refractivity contribution is 9.10. The van der Waals surface area contributed by atoms with Gasteiger partial charge in [0, 0.05) is 39.2 Å². The highest BCUT2D eigenvalue weighted by Gasteiger charge is 2.19. The van der Waals surface area contributed by atoms with Crippen LogP contribution in [-0.2, 0) is 4.79 Å². The van der Waals surface area contributed by atoms with Crippen LogP contribution in [0.2, 0.25) is 0 Å². The van der Waals surface area contributed by atoms with Gasteiger partial charge in [0.2, 0.25) is 5.91 Å². The van der Waals surface area contributed by atoms with Crippen LogP contribution in [0.25, 0.3) is 27.7 Å². The lowest BCUT2D eigenvalue weighted by Crippen LogP contribution is -2.21. The van der Waals surface area contributed by atoms with Crippen molar-refractivity contribution in [2.45, 2.75) is 34.1 Å². The number of halogens is 1. The van der Waals surface area contributed by atoms with Crippen LogP contribution < -0.4 is 10.1 Å². The van der Waals surface area contributed by atoms with Crippen LogP contribution in [0.4, 0.5) is 0 Å². The Labute approximate surface area is 180 Å². The first-order valence-corrected chi connectivity index (χ1v) is 10.7. The summed E-state index contributed by atoms with van der Waals surface area (Å²) in [5.74, 6) is 0.663. The average Bonchev–Trinajstić information content (AvgIpc) is 3.12. The molecule has 5 heteroatoms. The second-order valence-corrected chi connectivity index (χ2v) is 7.88. The van der Waals surface area contributed by atoms with Crippen molar-refractivity contribution < 1.29 is 13.9 Å². The minimum absolute atomic E-state index is 0.0936. The Balaban J connectivity index is 2.17. The summed E-state index contributed by atoms with van der Waals surface area (Å²) in [5, 5.41) is 3.90. The van der Waals surface area contributed by atoms with Gasteiger partial charge in [-0.2, -0.15) is 0 Å². The van der Waals surface area contributed by atoms with Gasteiger partial charge in [0.05, 0.1) is 12.9 Å². The van der Waals surface area contributed by atoms with Crippen molar-refractivity contribution in [3.8, 4) is 16.9 Å². The van der Waals surface area contributed by atoms with E-state index >= 15 is 0 Å². The van der Waals surface area contributed by atoms with E-state index in [-0.39, 0.29) is 5.91 Å². The average molecular weight is 456 g/mol. The molecule has 0 aliphatic carbocycles. The van der Waals surface area contributed by atoms with Crippen LogP contribution in [0.3, 0.4) is 0 Å². The Morgan fingerprint density at radius 1 is 1.28 bits per heavy atom. The first-order chi connectivity index (χ1) is 14.0. The van der Waals surface area contributed by atoms with Crippen LogP contribution in [0.5, 0.6) is 5.75 Å². The topological polar surface area (TPSA) is 51.5 Å². The Morgan fingerprint density at radius 3 is 2.76 bits per heavy atom. The molecular formula is C24H26BrNO3. The predicted octanol–water partition coefficient (Wildman–Crippen LogP) is 6.50. The highest BCUT2D eigenvalue weighted by Crippen LogP contribution is 2.41. The Hall–Kier alpha value is -2.53. The molecule has 2 aromatic carbocycles. The monoisotopic (exact) mass is 455 g/mol. The largest absolute Gasteiger partial charge is 0.493 e. The SMILES string of the molecule is CCCNC(=O)/C=C(\C)c1cc2c(-c3cccc(Br)c3)coc2c(C)c1OCC. The number of fused-ring (bicyclic) bond motifs is 1. The molecule has 0 fully saturated rings. The number of rotatable bonds is 7. The molecule has 3 aromatic rings. The molecule has 0 bridgehead atoms. The number of hydrogen-bond donors (Lipinski definition) is 1. The lowest BCUT2D eigenvalue weighted by molar-refractivity contribution is -0.116. The van der Waals surface area contributed by atoms with Gasteiger partial charge in [-0.05, 0) is 56.5 Å². The van der Waals surface area contributed by atoms with E-state index in [9.17, 15) is 4.79 Å². The number of furan rings is 1. The maximum atomic E-state index is 12.2. The standard InChI is InChI=1S/C24H26BrNO3/c1-5-10-26-22(27)11-15(3)19-13-20-21(17-8-7-9-18(25)12-17)14-29-24(20)16(4)23(19)28-6-2/h7-9,11-14H,5-6,10H2,1-4H3,(H,26,27)/b15-11+. The third-order valence-corrected chi connectivity index (χ3v) is 5.28. The Morgan fingerprint density at radius 2 is 2.07 bits per heavy atom. The van der Waals surface area contributed by atoms with Crippen molar-refractivity contribution in [3.63, 3.8) is 0 Å². The zero-order valence-corrected chi connectivity index (χ0v) is 18.9. The fraction of sp³-hybridized carbons (Fsp3) is 0.292. The summed E-state index contributed by atoms with van der Waals surface area (Å²) in [6.45, 7) is 9.11. The van der Waals surface area contributed by atoms with E-state index in [4.69, 9.17) is 9.15 Å². The third-order valence-electron chi connectivity index (χ3n) is 4.79. The second-order valence-electron chi connectivity index (χ2n) is 6.97. The van der Waals surface area contributed by atoms with E-state index in [1.54, 1.807) is 12.3 Å². The molecule has 0 aliphatic heterocycles. The van der Waals surface area contributed by atoms with Crippen LogP contribution >= 0.6 is 15.9 Å². The molecule has 3 rings (SSSR count). The number of benzene rings is 2. The van der Waals surface area contributed by atoms with E-state index in [1.165, 1.54) is 0 Å². The van der Waals surface area contributed by atoms with Crippen molar-refractivity contribution in [2.24, 2.45) is 0 Å². The summed E-state index contributed by atoms with van der Waals surface area (Å²) >= 11 is 3.54. The van der Waals surface area contributed by atoms with Gasteiger partial charge in [-0.1, -0.05) is 35.0 Å². The van der Waals surface area contributed by atoms with Crippen molar-refractivity contribution in [2.75, 3.05) is 13.2 Å². The number of nitrogens with one attached hydrogen (secondary N) is 1. The van der Waals surface area contributed by atoms with Gasteiger partial charge >= 0.3 is 0 Å². The number of allylic oxidation sites excluding steroid dienone is 1. The van der Waals surface area contributed by atoms with Crippen molar-refractivity contribution in [3.05, 3.63) is 58.3 Å². The Bertz CT molecular complexity index is 1070. The molecule has 1 N–H and O–H groups in total. The highest BCUT2D eigenvalue weighted by atomic mass is 79.9. The number of amides is 1. The van der Waals surface area contributed by atoms with Gasteiger partial charge in [-0.3, -0.25) is 4.79 Å². The molecule has 1 heterocycles. The molecule has 4 nitrogen and oxygen atoms in total. The van der Waals surface area contributed by atoms with Gasteiger partial charge in [-0.25, -0.2) is 0 Å². The predicted molar refractivity (Wildman–Crippen MR) is 122 cm³/mol. The van der Waals surface area contributed by atoms with E-state index in [0.717, 1.165) is 55.4 Å². The van der Waals surface area contributed by atoms with E-state index in [0.29, 0.717) is 13.2 Å². The first-order valence-electron chi connectivity index (χ1n) is 9.86. The third kappa shape index (κ3) is 4.56.